The SMILES string of the molecule is COc1ccc2c(c1CCCC(=O)O)CCC2. The van der Waals surface area contributed by atoms with E-state index in [2.05, 4.69) is 6.07 Å². The van der Waals surface area contributed by atoms with E-state index in [1.165, 1.54) is 23.1 Å². The average molecular weight is 234 g/mol. The Morgan fingerprint density at radius 1 is 1.41 bits per heavy atom. The fraction of sp³-hybridized carbons (Fsp3) is 0.500. The smallest absolute Gasteiger partial charge is 0.303 e. The minimum atomic E-state index is -0.725. The number of aliphatic carboxylic acids is 1. The first-order valence-corrected chi connectivity index (χ1v) is 6.12. The van der Waals surface area contributed by atoms with Crippen LogP contribution in [0.5, 0.6) is 5.75 Å². The number of methoxy groups -OCH3 is 1. The summed E-state index contributed by atoms with van der Waals surface area (Å²) >= 11 is 0. The van der Waals surface area contributed by atoms with Crippen LogP contribution in [0.25, 0.3) is 0 Å². The normalized spacial score (nSPS) is 13.5. The number of fused-ring (bicyclic) bond motifs is 1. The third kappa shape index (κ3) is 2.60. The van der Waals surface area contributed by atoms with E-state index in [1.807, 2.05) is 6.07 Å². The van der Waals surface area contributed by atoms with E-state index >= 15 is 0 Å². The summed E-state index contributed by atoms with van der Waals surface area (Å²) in [6.07, 6.45) is 5.17. The van der Waals surface area contributed by atoms with E-state index in [0.717, 1.165) is 25.0 Å². The molecule has 0 amide bonds. The summed E-state index contributed by atoms with van der Waals surface area (Å²) < 4.78 is 5.38. The lowest BCUT2D eigenvalue weighted by Gasteiger charge is -2.13. The van der Waals surface area contributed by atoms with Gasteiger partial charge in [-0.05, 0) is 54.9 Å². The molecule has 1 aromatic rings. The highest BCUT2D eigenvalue weighted by Crippen LogP contribution is 2.32. The van der Waals surface area contributed by atoms with Gasteiger partial charge in [-0.1, -0.05) is 6.07 Å². The molecule has 0 radical (unpaired) electrons. The maximum absolute atomic E-state index is 10.5. The predicted octanol–water partition coefficient (Wildman–Crippen LogP) is 2.59. The molecule has 3 nitrogen and oxygen atoms in total. The monoisotopic (exact) mass is 234 g/mol. The van der Waals surface area contributed by atoms with Crippen molar-refractivity contribution in [1.82, 2.24) is 0 Å². The fourth-order valence-corrected chi connectivity index (χ4v) is 2.60. The minimum absolute atomic E-state index is 0.229. The van der Waals surface area contributed by atoms with Crippen LogP contribution in [0.4, 0.5) is 0 Å². The van der Waals surface area contributed by atoms with Crippen LogP contribution in [0, 0.1) is 0 Å². The molecule has 0 fully saturated rings. The van der Waals surface area contributed by atoms with Gasteiger partial charge < -0.3 is 9.84 Å². The second-order valence-corrected chi connectivity index (χ2v) is 4.48. The molecule has 0 unspecified atom stereocenters. The van der Waals surface area contributed by atoms with Crippen molar-refractivity contribution in [3.05, 3.63) is 28.8 Å². The Bertz CT molecular complexity index is 424. The van der Waals surface area contributed by atoms with Gasteiger partial charge in [-0.3, -0.25) is 4.79 Å². The third-order valence-corrected chi connectivity index (χ3v) is 3.40. The molecule has 0 heterocycles. The Balaban J connectivity index is 2.18. The summed E-state index contributed by atoms with van der Waals surface area (Å²) in [5.74, 6) is 0.188. The van der Waals surface area contributed by atoms with Gasteiger partial charge >= 0.3 is 5.97 Å². The van der Waals surface area contributed by atoms with E-state index < -0.39 is 5.97 Å². The molecule has 1 N–H and O–H groups in total. The van der Waals surface area contributed by atoms with Gasteiger partial charge in [0.15, 0.2) is 0 Å². The highest BCUT2D eigenvalue weighted by Gasteiger charge is 2.18. The van der Waals surface area contributed by atoms with Crippen molar-refractivity contribution in [2.24, 2.45) is 0 Å². The van der Waals surface area contributed by atoms with E-state index in [9.17, 15) is 4.79 Å². The number of hydrogen-bond donors (Lipinski definition) is 1. The van der Waals surface area contributed by atoms with Crippen LogP contribution in [0.3, 0.4) is 0 Å². The van der Waals surface area contributed by atoms with Crippen molar-refractivity contribution < 1.29 is 14.6 Å². The zero-order valence-corrected chi connectivity index (χ0v) is 10.2. The number of aryl methyl sites for hydroxylation is 1. The molecule has 0 aromatic heterocycles. The molecular weight excluding hydrogens is 216 g/mol. The van der Waals surface area contributed by atoms with Crippen LogP contribution >= 0.6 is 0 Å². The van der Waals surface area contributed by atoms with Crippen molar-refractivity contribution >= 4 is 5.97 Å². The van der Waals surface area contributed by atoms with Gasteiger partial charge in [-0.25, -0.2) is 0 Å². The molecule has 2 rings (SSSR count). The summed E-state index contributed by atoms with van der Waals surface area (Å²) in [7, 11) is 1.68. The summed E-state index contributed by atoms with van der Waals surface area (Å²) in [5, 5.41) is 8.68. The zero-order chi connectivity index (χ0) is 12.3. The van der Waals surface area contributed by atoms with Crippen LogP contribution in [0.2, 0.25) is 0 Å². The van der Waals surface area contributed by atoms with Gasteiger partial charge in [0.1, 0.15) is 5.75 Å². The van der Waals surface area contributed by atoms with Crippen molar-refractivity contribution in [1.29, 1.82) is 0 Å². The second kappa shape index (κ2) is 5.21. The molecule has 17 heavy (non-hydrogen) atoms. The van der Waals surface area contributed by atoms with Crippen LogP contribution < -0.4 is 4.74 Å². The number of rotatable bonds is 5. The largest absolute Gasteiger partial charge is 0.496 e. The Morgan fingerprint density at radius 3 is 2.94 bits per heavy atom. The van der Waals surface area contributed by atoms with Gasteiger partial charge in [0.05, 0.1) is 7.11 Å². The van der Waals surface area contributed by atoms with Gasteiger partial charge in [0, 0.05) is 6.42 Å². The maximum atomic E-state index is 10.5. The number of carbonyl (C=O) groups is 1. The van der Waals surface area contributed by atoms with Crippen molar-refractivity contribution in [2.75, 3.05) is 7.11 Å². The molecule has 1 aliphatic rings. The van der Waals surface area contributed by atoms with Crippen LogP contribution in [0.15, 0.2) is 12.1 Å². The topological polar surface area (TPSA) is 46.5 Å². The molecule has 1 aromatic carbocycles. The summed E-state index contributed by atoms with van der Waals surface area (Å²) in [6.45, 7) is 0. The standard InChI is InChI=1S/C14H18O3/c1-17-13-9-8-10-4-2-5-11(10)12(13)6-3-7-14(15)16/h8-9H,2-7H2,1H3,(H,15,16). The van der Waals surface area contributed by atoms with Crippen molar-refractivity contribution in [3.63, 3.8) is 0 Å². The van der Waals surface area contributed by atoms with Gasteiger partial charge in [-0.15, -0.1) is 0 Å². The summed E-state index contributed by atoms with van der Waals surface area (Å²) in [6, 6.07) is 4.15. The van der Waals surface area contributed by atoms with Gasteiger partial charge in [0.2, 0.25) is 0 Å². The number of benzene rings is 1. The Morgan fingerprint density at radius 2 is 2.24 bits per heavy atom. The number of hydrogen-bond acceptors (Lipinski definition) is 2. The third-order valence-electron chi connectivity index (χ3n) is 3.40. The van der Waals surface area contributed by atoms with Gasteiger partial charge in [0.25, 0.3) is 0 Å². The molecule has 3 heteroatoms. The van der Waals surface area contributed by atoms with Crippen molar-refractivity contribution in [2.45, 2.75) is 38.5 Å². The van der Waals surface area contributed by atoms with Gasteiger partial charge in [-0.2, -0.15) is 0 Å². The number of carboxylic acids is 1. The Hall–Kier alpha value is -1.51. The molecular formula is C14H18O3. The Labute approximate surface area is 101 Å². The molecule has 0 bridgehead atoms. The lowest BCUT2D eigenvalue weighted by atomic mass is 9.97. The zero-order valence-electron chi connectivity index (χ0n) is 10.2. The lowest BCUT2D eigenvalue weighted by molar-refractivity contribution is -0.137. The van der Waals surface area contributed by atoms with E-state index in [0.29, 0.717) is 6.42 Å². The lowest BCUT2D eigenvalue weighted by Crippen LogP contribution is -2.01. The molecule has 92 valence electrons. The van der Waals surface area contributed by atoms with E-state index in [1.54, 1.807) is 7.11 Å². The predicted molar refractivity (Wildman–Crippen MR) is 65.6 cm³/mol. The first-order valence-electron chi connectivity index (χ1n) is 6.12. The number of ether oxygens (including phenoxy) is 1. The average Bonchev–Trinajstić information content (AvgIpc) is 2.77. The second-order valence-electron chi connectivity index (χ2n) is 4.48. The van der Waals surface area contributed by atoms with E-state index in [4.69, 9.17) is 9.84 Å². The maximum Gasteiger partial charge on any atom is 0.303 e. The van der Waals surface area contributed by atoms with Crippen LogP contribution in [-0.2, 0) is 24.1 Å². The molecule has 0 aliphatic heterocycles. The number of carboxylic acid groups (broad SMARTS) is 1. The molecule has 0 spiro atoms. The fourth-order valence-electron chi connectivity index (χ4n) is 2.60. The van der Waals surface area contributed by atoms with Crippen molar-refractivity contribution in [3.8, 4) is 5.75 Å². The first-order chi connectivity index (χ1) is 8.22. The molecule has 0 saturated carbocycles. The van der Waals surface area contributed by atoms with Crippen LogP contribution in [-0.4, -0.2) is 18.2 Å². The highest BCUT2D eigenvalue weighted by atomic mass is 16.5. The van der Waals surface area contributed by atoms with E-state index in [-0.39, 0.29) is 6.42 Å². The summed E-state index contributed by atoms with van der Waals surface area (Å²) in [5.41, 5.74) is 4.04. The molecule has 0 saturated heterocycles. The van der Waals surface area contributed by atoms with Crippen LogP contribution in [0.1, 0.15) is 36.0 Å². The summed E-state index contributed by atoms with van der Waals surface area (Å²) in [4.78, 5) is 10.5. The Kier molecular flexibility index (Phi) is 3.67. The molecule has 0 atom stereocenters. The highest BCUT2D eigenvalue weighted by molar-refractivity contribution is 5.66. The quantitative estimate of drug-likeness (QED) is 0.851. The first kappa shape index (κ1) is 12.0. The minimum Gasteiger partial charge on any atom is -0.496 e. The molecule has 1 aliphatic carbocycles.